The highest BCUT2D eigenvalue weighted by Gasteiger charge is 2.10. The summed E-state index contributed by atoms with van der Waals surface area (Å²) in [5.41, 5.74) is 6.83. The van der Waals surface area contributed by atoms with E-state index in [1.54, 1.807) is 14.2 Å². The highest BCUT2D eigenvalue weighted by molar-refractivity contribution is 9.10. The van der Waals surface area contributed by atoms with Crippen molar-refractivity contribution in [1.82, 2.24) is 0 Å². The van der Waals surface area contributed by atoms with Crippen LogP contribution in [0, 0.1) is 0 Å². The van der Waals surface area contributed by atoms with Crippen molar-refractivity contribution in [3.8, 4) is 11.5 Å². The summed E-state index contributed by atoms with van der Waals surface area (Å²) in [7, 11) is 3.29. The van der Waals surface area contributed by atoms with Crippen LogP contribution in [0.25, 0.3) is 0 Å². The number of benzene rings is 1. The lowest BCUT2D eigenvalue weighted by molar-refractivity contribution is 0.395. The second-order valence-corrected chi connectivity index (χ2v) is 4.33. The molecule has 16 heavy (non-hydrogen) atoms. The van der Waals surface area contributed by atoms with Gasteiger partial charge in [0.15, 0.2) is 0 Å². The predicted molar refractivity (Wildman–Crippen MR) is 74.9 cm³/mol. The van der Waals surface area contributed by atoms with E-state index in [-0.39, 0.29) is 23.0 Å². The molecule has 0 bridgehead atoms. The molecule has 1 aromatic carbocycles. The summed E-state index contributed by atoms with van der Waals surface area (Å²) in [5.74, 6) is 1.63. The Morgan fingerprint density at radius 2 is 1.81 bits per heavy atom. The van der Waals surface area contributed by atoms with E-state index in [2.05, 4.69) is 15.9 Å². The van der Waals surface area contributed by atoms with Crippen molar-refractivity contribution in [2.45, 2.75) is 19.4 Å². The van der Waals surface area contributed by atoms with Gasteiger partial charge in [-0.2, -0.15) is 0 Å². The van der Waals surface area contributed by atoms with Crippen LogP contribution in [-0.2, 0) is 6.42 Å². The fraction of sp³-hybridized carbons (Fsp3) is 0.455. The molecule has 2 N–H and O–H groups in total. The van der Waals surface area contributed by atoms with Gasteiger partial charge in [-0.1, -0.05) is 0 Å². The minimum absolute atomic E-state index is 0. The molecule has 0 aliphatic heterocycles. The minimum Gasteiger partial charge on any atom is -0.496 e. The predicted octanol–water partition coefficient (Wildman–Crippen LogP) is 2.93. The minimum atomic E-state index is 0. The van der Waals surface area contributed by atoms with Gasteiger partial charge in [0.25, 0.3) is 0 Å². The Balaban J connectivity index is 0.00000225. The lowest BCUT2D eigenvalue weighted by atomic mass is 10.1. The third kappa shape index (κ3) is 3.96. The molecule has 0 spiro atoms. The van der Waals surface area contributed by atoms with Gasteiger partial charge >= 0.3 is 0 Å². The van der Waals surface area contributed by atoms with Gasteiger partial charge in [0.1, 0.15) is 11.5 Å². The fourth-order valence-corrected chi connectivity index (χ4v) is 1.91. The summed E-state index contributed by atoms with van der Waals surface area (Å²) in [6.07, 6.45) is 0.771. The molecule has 0 fully saturated rings. The molecule has 0 aromatic heterocycles. The maximum Gasteiger partial charge on any atom is 0.133 e. The van der Waals surface area contributed by atoms with Gasteiger partial charge in [-0.15, -0.1) is 17.0 Å². The van der Waals surface area contributed by atoms with Crippen molar-refractivity contribution in [2.24, 2.45) is 5.73 Å². The molecule has 1 atom stereocenters. The van der Waals surface area contributed by atoms with Crippen LogP contribution >= 0.6 is 32.9 Å². The summed E-state index contributed by atoms with van der Waals surface area (Å²) in [6, 6.07) is 3.95. The van der Waals surface area contributed by atoms with Crippen LogP contribution in [0.3, 0.4) is 0 Å². The number of hydrogen-bond acceptors (Lipinski definition) is 3. The molecule has 3 nitrogen and oxygen atoms in total. The number of rotatable bonds is 4. The second-order valence-electron chi connectivity index (χ2n) is 3.48. The van der Waals surface area contributed by atoms with Gasteiger partial charge in [-0.3, -0.25) is 0 Å². The van der Waals surface area contributed by atoms with Crippen LogP contribution in [0.4, 0.5) is 0 Å². The topological polar surface area (TPSA) is 44.5 Å². The van der Waals surface area contributed by atoms with Crippen molar-refractivity contribution < 1.29 is 9.47 Å². The Morgan fingerprint density at radius 1 is 1.25 bits per heavy atom. The molecular weight excluding hydrogens is 338 g/mol. The zero-order valence-electron chi connectivity index (χ0n) is 9.62. The van der Waals surface area contributed by atoms with Crippen molar-refractivity contribution in [1.29, 1.82) is 0 Å². The molecule has 0 heterocycles. The maximum atomic E-state index is 5.77. The molecule has 0 unspecified atom stereocenters. The smallest absolute Gasteiger partial charge is 0.133 e. The van der Waals surface area contributed by atoms with Crippen LogP contribution in [-0.4, -0.2) is 20.3 Å². The second kappa shape index (κ2) is 7.14. The zero-order valence-corrected chi connectivity index (χ0v) is 12.9. The van der Waals surface area contributed by atoms with E-state index in [0.717, 1.165) is 28.0 Å². The standard InChI is InChI=1S/C11H16BrNO2.BrH/c1-7(13)4-8-5-11(15-3)9(12)6-10(8)14-2;/h5-7H,4,13H2,1-3H3;1H/t7-;/m1./s1. The Kier molecular flexibility index (Phi) is 7.03. The molecule has 0 aliphatic carbocycles. The van der Waals surface area contributed by atoms with E-state index >= 15 is 0 Å². The molecule has 0 saturated heterocycles. The molecule has 0 radical (unpaired) electrons. The van der Waals surface area contributed by atoms with Gasteiger partial charge in [0.05, 0.1) is 18.7 Å². The quantitative estimate of drug-likeness (QED) is 0.904. The van der Waals surface area contributed by atoms with Gasteiger partial charge in [-0.05, 0) is 47.0 Å². The van der Waals surface area contributed by atoms with Crippen molar-refractivity contribution in [3.05, 3.63) is 22.2 Å². The molecule has 1 aromatic rings. The number of hydrogen-bond donors (Lipinski definition) is 1. The van der Waals surface area contributed by atoms with Gasteiger partial charge in [-0.25, -0.2) is 0 Å². The Labute approximate surface area is 115 Å². The van der Waals surface area contributed by atoms with Crippen molar-refractivity contribution in [3.63, 3.8) is 0 Å². The first-order valence-corrected chi connectivity index (χ1v) is 5.53. The summed E-state index contributed by atoms with van der Waals surface area (Å²) in [5, 5.41) is 0. The van der Waals surface area contributed by atoms with Crippen molar-refractivity contribution in [2.75, 3.05) is 14.2 Å². The lowest BCUT2D eigenvalue weighted by Crippen LogP contribution is -2.18. The first kappa shape index (κ1) is 15.7. The van der Waals surface area contributed by atoms with E-state index in [4.69, 9.17) is 15.2 Å². The Morgan fingerprint density at radius 3 is 2.25 bits per heavy atom. The number of methoxy groups -OCH3 is 2. The van der Waals surface area contributed by atoms with E-state index in [9.17, 15) is 0 Å². The molecule has 92 valence electrons. The maximum absolute atomic E-state index is 5.77. The van der Waals surface area contributed by atoms with Crippen LogP contribution in [0.1, 0.15) is 12.5 Å². The zero-order chi connectivity index (χ0) is 11.4. The van der Waals surface area contributed by atoms with E-state index in [0.29, 0.717) is 0 Å². The first-order valence-electron chi connectivity index (χ1n) is 4.74. The van der Waals surface area contributed by atoms with E-state index < -0.39 is 0 Å². The number of ether oxygens (including phenoxy) is 2. The molecule has 0 aliphatic rings. The average molecular weight is 355 g/mol. The molecule has 0 amide bonds. The monoisotopic (exact) mass is 353 g/mol. The fourth-order valence-electron chi connectivity index (χ4n) is 1.43. The third-order valence-corrected chi connectivity index (χ3v) is 2.72. The van der Waals surface area contributed by atoms with E-state index in [1.807, 2.05) is 19.1 Å². The van der Waals surface area contributed by atoms with E-state index in [1.165, 1.54) is 0 Å². The lowest BCUT2D eigenvalue weighted by Gasteiger charge is -2.13. The number of halogens is 2. The Hall–Kier alpha value is -0.260. The van der Waals surface area contributed by atoms with Crippen LogP contribution in [0.2, 0.25) is 0 Å². The van der Waals surface area contributed by atoms with Crippen LogP contribution < -0.4 is 15.2 Å². The van der Waals surface area contributed by atoms with Gasteiger partial charge in [0, 0.05) is 6.04 Å². The summed E-state index contributed by atoms with van der Waals surface area (Å²) in [6.45, 7) is 1.97. The van der Waals surface area contributed by atoms with Crippen molar-refractivity contribution >= 4 is 32.9 Å². The summed E-state index contributed by atoms with van der Waals surface area (Å²) in [4.78, 5) is 0. The van der Waals surface area contributed by atoms with Crippen LogP contribution in [0.5, 0.6) is 11.5 Å². The average Bonchev–Trinajstić information content (AvgIpc) is 2.19. The third-order valence-electron chi connectivity index (χ3n) is 2.10. The van der Waals surface area contributed by atoms with Crippen LogP contribution in [0.15, 0.2) is 16.6 Å². The SMILES string of the molecule is Br.COc1cc(C[C@@H](C)N)c(OC)cc1Br. The first-order chi connectivity index (χ1) is 7.08. The van der Waals surface area contributed by atoms with Gasteiger partial charge in [0.2, 0.25) is 0 Å². The summed E-state index contributed by atoms with van der Waals surface area (Å²) >= 11 is 3.41. The highest BCUT2D eigenvalue weighted by Crippen LogP contribution is 2.33. The molecule has 1 rings (SSSR count). The Bertz CT molecular complexity index is 343. The highest BCUT2D eigenvalue weighted by atomic mass is 79.9. The number of nitrogens with two attached hydrogens (primary N) is 1. The van der Waals surface area contributed by atoms with Gasteiger partial charge < -0.3 is 15.2 Å². The normalized spacial score (nSPS) is 11.6. The molecule has 5 heteroatoms. The molecular formula is C11H17Br2NO2. The summed E-state index contributed by atoms with van der Waals surface area (Å²) < 4.78 is 11.4. The molecule has 0 saturated carbocycles. The largest absolute Gasteiger partial charge is 0.496 e.